The number of hydrogen-bond donors (Lipinski definition) is 2. The molecule has 128 valence electrons. The van der Waals surface area contributed by atoms with E-state index in [4.69, 9.17) is 0 Å². The largest absolute Gasteiger partial charge is 0.356 e. The highest BCUT2D eigenvalue weighted by Gasteiger charge is 2.06. The number of nitrogens with zero attached hydrogens (tertiary/aromatic N) is 1. The topological polar surface area (TPSA) is 70.6 Å². The minimum Gasteiger partial charge on any atom is -0.356 e. The monoisotopic (exact) mass is 355 g/mol. The molecular formula is C16H25N3O2S2. The third-order valence-corrected chi connectivity index (χ3v) is 5.15. The Labute approximate surface area is 143 Å². The van der Waals surface area contributed by atoms with E-state index in [9.17, 15) is 8.42 Å². The Kier molecular flexibility index (Phi) is 8.79. The Morgan fingerprint density at radius 1 is 1.26 bits per heavy atom. The maximum atomic E-state index is 11.4. The second kappa shape index (κ2) is 10.3. The molecule has 0 radical (unpaired) electrons. The van der Waals surface area contributed by atoms with Crippen molar-refractivity contribution in [3.05, 3.63) is 42.5 Å². The summed E-state index contributed by atoms with van der Waals surface area (Å²) in [7, 11) is -1.38. The number of hydrogen-bond acceptors (Lipinski definition) is 4. The average molecular weight is 356 g/mol. The molecule has 1 aromatic carbocycles. The van der Waals surface area contributed by atoms with Crippen molar-refractivity contribution >= 4 is 27.6 Å². The highest BCUT2D eigenvalue weighted by molar-refractivity contribution is 7.99. The summed E-state index contributed by atoms with van der Waals surface area (Å²) in [5.74, 6) is 2.73. The summed E-state index contributed by atoms with van der Waals surface area (Å²) in [5, 5.41) is 6.49. The predicted octanol–water partition coefficient (Wildman–Crippen LogP) is 1.72. The van der Waals surface area contributed by atoms with Gasteiger partial charge in [0.15, 0.2) is 15.8 Å². The van der Waals surface area contributed by atoms with Gasteiger partial charge in [0.05, 0.1) is 4.90 Å². The van der Waals surface area contributed by atoms with Crippen LogP contribution in [0.1, 0.15) is 5.56 Å². The van der Waals surface area contributed by atoms with E-state index in [-0.39, 0.29) is 0 Å². The van der Waals surface area contributed by atoms with Crippen LogP contribution in [0.25, 0.3) is 0 Å². The molecular weight excluding hydrogens is 330 g/mol. The maximum Gasteiger partial charge on any atom is 0.191 e. The molecule has 2 N–H and O–H groups in total. The van der Waals surface area contributed by atoms with Crippen LogP contribution in [0.15, 0.2) is 46.8 Å². The van der Waals surface area contributed by atoms with Crippen molar-refractivity contribution < 1.29 is 8.42 Å². The number of aliphatic imine (C=N–C) groups is 1. The van der Waals surface area contributed by atoms with E-state index >= 15 is 0 Å². The molecule has 0 unspecified atom stereocenters. The van der Waals surface area contributed by atoms with Crippen molar-refractivity contribution in [3.63, 3.8) is 0 Å². The summed E-state index contributed by atoms with van der Waals surface area (Å²) >= 11 is 1.82. The van der Waals surface area contributed by atoms with Crippen LogP contribution in [0.2, 0.25) is 0 Å². The number of benzene rings is 1. The van der Waals surface area contributed by atoms with Crippen LogP contribution in [-0.2, 0) is 16.3 Å². The molecule has 0 amide bonds. The van der Waals surface area contributed by atoms with Crippen LogP contribution in [0.5, 0.6) is 0 Å². The van der Waals surface area contributed by atoms with Gasteiger partial charge in [-0.3, -0.25) is 4.99 Å². The molecule has 0 atom stereocenters. The lowest BCUT2D eigenvalue weighted by atomic mass is 10.1. The van der Waals surface area contributed by atoms with Gasteiger partial charge in [0.1, 0.15) is 0 Å². The smallest absolute Gasteiger partial charge is 0.191 e. The SMILES string of the molecule is C=CCSCCNC(=NC)NCCc1ccc(S(C)(=O)=O)cc1. The number of rotatable bonds is 9. The first-order valence-electron chi connectivity index (χ1n) is 7.39. The third kappa shape index (κ3) is 8.08. The average Bonchev–Trinajstić information content (AvgIpc) is 2.52. The first-order valence-corrected chi connectivity index (χ1v) is 10.4. The molecule has 0 fully saturated rings. The number of nitrogens with one attached hydrogen (secondary N) is 2. The molecule has 1 rings (SSSR count). The summed E-state index contributed by atoms with van der Waals surface area (Å²) in [4.78, 5) is 4.52. The number of guanidine groups is 1. The van der Waals surface area contributed by atoms with Crippen molar-refractivity contribution in [2.75, 3.05) is 37.9 Å². The molecule has 0 bridgehead atoms. The van der Waals surface area contributed by atoms with Crippen LogP contribution in [0.3, 0.4) is 0 Å². The molecule has 0 aliphatic carbocycles. The van der Waals surface area contributed by atoms with Crippen molar-refractivity contribution in [1.29, 1.82) is 0 Å². The van der Waals surface area contributed by atoms with Gasteiger partial charge >= 0.3 is 0 Å². The zero-order valence-electron chi connectivity index (χ0n) is 13.7. The van der Waals surface area contributed by atoms with Crippen LogP contribution >= 0.6 is 11.8 Å². The minimum absolute atomic E-state index is 0.351. The van der Waals surface area contributed by atoms with E-state index in [1.54, 1.807) is 19.2 Å². The second-order valence-corrected chi connectivity index (χ2v) is 8.12. The van der Waals surface area contributed by atoms with E-state index in [1.807, 2.05) is 30.0 Å². The zero-order chi connectivity index (χ0) is 17.1. The lowest BCUT2D eigenvalue weighted by Crippen LogP contribution is -2.39. The Bertz CT molecular complexity index is 611. The van der Waals surface area contributed by atoms with Gasteiger partial charge in [0.2, 0.25) is 0 Å². The lowest BCUT2D eigenvalue weighted by Gasteiger charge is -2.11. The first kappa shape index (κ1) is 19.6. The normalized spacial score (nSPS) is 12.0. The summed E-state index contributed by atoms with van der Waals surface area (Å²) in [6.07, 6.45) is 3.91. The molecule has 0 heterocycles. The summed E-state index contributed by atoms with van der Waals surface area (Å²) in [6, 6.07) is 6.99. The minimum atomic E-state index is -3.13. The summed E-state index contributed by atoms with van der Waals surface area (Å²) in [5.41, 5.74) is 1.09. The van der Waals surface area contributed by atoms with E-state index in [0.29, 0.717) is 4.90 Å². The lowest BCUT2D eigenvalue weighted by molar-refractivity contribution is 0.602. The Morgan fingerprint density at radius 2 is 1.91 bits per heavy atom. The molecule has 0 saturated carbocycles. The van der Waals surface area contributed by atoms with Crippen LogP contribution in [0.4, 0.5) is 0 Å². The van der Waals surface area contributed by atoms with Crippen molar-refractivity contribution in [2.45, 2.75) is 11.3 Å². The van der Waals surface area contributed by atoms with Gasteiger partial charge in [-0.05, 0) is 24.1 Å². The Morgan fingerprint density at radius 3 is 2.48 bits per heavy atom. The predicted molar refractivity (Wildman–Crippen MR) is 100 cm³/mol. The van der Waals surface area contributed by atoms with Gasteiger partial charge in [0.25, 0.3) is 0 Å². The molecule has 0 saturated heterocycles. The fourth-order valence-corrected chi connectivity index (χ4v) is 3.07. The highest BCUT2D eigenvalue weighted by atomic mass is 32.2. The molecule has 0 aliphatic heterocycles. The van der Waals surface area contributed by atoms with Crippen LogP contribution in [-0.4, -0.2) is 52.3 Å². The standard InChI is InChI=1S/C16H25N3O2S2/c1-4-12-22-13-11-19-16(17-2)18-10-9-14-5-7-15(8-6-14)23(3,20)21/h4-8H,1,9-13H2,2-3H3,(H2,17,18,19). The van der Waals surface area contributed by atoms with Crippen LogP contribution < -0.4 is 10.6 Å². The fraction of sp³-hybridized carbons (Fsp3) is 0.438. The van der Waals surface area contributed by atoms with Crippen molar-refractivity contribution in [2.24, 2.45) is 4.99 Å². The molecule has 0 aromatic heterocycles. The quantitative estimate of drug-likeness (QED) is 0.305. The van der Waals surface area contributed by atoms with E-state index in [2.05, 4.69) is 22.2 Å². The highest BCUT2D eigenvalue weighted by Crippen LogP contribution is 2.10. The first-order chi connectivity index (χ1) is 11.0. The summed E-state index contributed by atoms with van der Waals surface area (Å²) in [6.45, 7) is 5.27. The molecule has 1 aromatic rings. The Hall–Kier alpha value is -1.47. The maximum absolute atomic E-state index is 11.4. The third-order valence-electron chi connectivity index (χ3n) is 3.06. The Balaban J connectivity index is 2.33. The van der Waals surface area contributed by atoms with Gasteiger partial charge < -0.3 is 10.6 Å². The van der Waals surface area contributed by atoms with E-state index < -0.39 is 9.84 Å². The summed E-state index contributed by atoms with van der Waals surface area (Å²) < 4.78 is 22.8. The molecule has 7 heteroatoms. The van der Waals surface area contributed by atoms with Gasteiger partial charge in [-0.1, -0.05) is 18.2 Å². The zero-order valence-corrected chi connectivity index (χ0v) is 15.3. The van der Waals surface area contributed by atoms with E-state index in [1.165, 1.54) is 6.26 Å². The molecule has 23 heavy (non-hydrogen) atoms. The number of thioether (sulfide) groups is 1. The van der Waals surface area contributed by atoms with Gasteiger partial charge in [0, 0.05) is 37.9 Å². The fourth-order valence-electron chi connectivity index (χ4n) is 1.86. The van der Waals surface area contributed by atoms with Gasteiger partial charge in [-0.25, -0.2) is 8.42 Å². The van der Waals surface area contributed by atoms with Crippen molar-refractivity contribution in [1.82, 2.24) is 10.6 Å². The van der Waals surface area contributed by atoms with Gasteiger partial charge in [-0.15, -0.1) is 6.58 Å². The number of sulfone groups is 1. The molecule has 5 nitrogen and oxygen atoms in total. The second-order valence-electron chi connectivity index (χ2n) is 4.96. The van der Waals surface area contributed by atoms with Crippen LogP contribution in [0, 0.1) is 0 Å². The van der Waals surface area contributed by atoms with Crippen molar-refractivity contribution in [3.8, 4) is 0 Å². The van der Waals surface area contributed by atoms with Gasteiger partial charge in [-0.2, -0.15) is 11.8 Å². The van der Waals surface area contributed by atoms with E-state index in [0.717, 1.165) is 42.5 Å². The molecule has 0 aliphatic rings. The molecule has 0 spiro atoms.